The number of carbonyl (C=O) groups excluding carboxylic acids is 2. The number of hydrogen-bond acceptors (Lipinski definition) is 4. The molecule has 1 spiro atoms. The number of carboxylic acids is 1. The number of hydrogen-bond donors (Lipinski definition) is 3. The summed E-state index contributed by atoms with van der Waals surface area (Å²) in [6.07, 6.45) is 2.74. The lowest BCUT2D eigenvalue weighted by atomic mass is 9.70. The molecule has 0 atom stereocenters. The Morgan fingerprint density at radius 3 is 2.42 bits per heavy atom. The third-order valence-electron chi connectivity index (χ3n) is 5.19. The number of rotatable bonds is 5. The van der Waals surface area contributed by atoms with Crippen LogP contribution in [0.15, 0.2) is 35.6 Å². The number of carboxylic acid groups (broad SMARTS) is 1. The average molecular weight is 358 g/mol. The second-order valence-electron chi connectivity index (χ2n) is 7.03. The van der Waals surface area contributed by atoms with Crippen molar-refractivity contribution in [3.05, 3.63) is 46.7 Å². The summed E-state index contributed by atoms with van der Waals surface area (Å²) in [7, 11) is 0. The van der Waals surface area contributed by atoms with Gasteiger partial charge in [0.2, 0.25) is 0 Å². The van der Waals surface area contributed by atoms with E-state index in [0.717, 1.165) is 30.4 Å². The third-order valence-corrected chi connectivity index (χ3v) is 5.19. The molecule has 7 nitrogen and oxygen atoms in total. The first-order valence-electron chi connectivity index (χ1n) is 8.62. The monoisotopic (exact) mass is 358 g/mol. The van der Waals surface area contributed by atoms with Gasteiger partial charge in [-0.15, -0.1) is 0 Å². The van der Waals surface area contributed by atoms with Gasteiger partial charge < -0.3 is 20.4 Å². The third kappa shape index (κ3) is 3.29. The maximum Gasteiger partial charge on any atom is 0.322 e. The molecule has 1 saturated carbocycles. The first-order valence-corrected chi connectivity index (χ1v) is 8.62. The summed E-state index contributed by atoms with van der Waals surface area (Å²) in [6.45, 7) is 1.73. The molecule has 1 aromatic carbocycles. The molecule has 3 rings (SSSR count). The Morgan fingerprint density at radius 1 is 1.23 bits per heavy atom. The molecule has 0 unspecified atom stereocenters. The molecule has 7 heteroatoms. The highest BCUT2D eigenvalue weighted by Gasteiger charge is 2.51. The van der Waals surface area contributed by atoms with Crippen molar-refractivity contribution in [2.75, 3.05) is 6.54 Å². The van der Waals surface area contributed by atoms with E-state index in [-0.39, 0.29) is 17.8 Å². The van der Waals surface area contributed by atoms with Crippen molar-refractivity contribution in [1.82, 2.24) is 10.2 Å². The minimum absolute atomic E-state index is 0.223. The molecule has 3 N–H and O–H groups in total. The van der Waals surface area contributed by atoms with E-state index in [0.29, 0.717) is 6.54 Å². The van der Waals surface area contributed by atoms with E-state index >= 15 is 0 Å². The molecule has 1 aliphatic carbocycles. The minimum atomic E-state index is -1.21. The second kappa shape index (κ2) is 6.82. The molecule has 26 heavy (non-hydrogen) atoms. The highest BCUT2D eigenvalue weighted by atomic mass is 16.4. The van der Waals surface area contributed by atoms with Crippen LogP contribution in [0.1, 0.15) is 36.8 Å². The van der Waals surface area contributed by atoms with E-state index in [4.69, 9.17) is 5.11 Å². The zero-order valence-electron chi connectivity index (χ0n) is 14.6. The van der Waals surface area contributed by atoms with Gasteiger partial charge in [0.1, 0.15) is 17.9 Å². The number of carbonyl (C=O) groups is 3. The zero-order chi connectivity index (χ0) is 18.9. The van der Waals surface area contributed by atoms with Gasteiger partial charge in [0, 0.05) is 13.0 Å². The molecule has 1 aliphatic heterocycles. The summed E-state index contributed by atoms with van der Waals surface area (Å²) >= 11 is 0. The molecule has 0 aromatic heterocycles. The van der Waals surface area contributed by atoms with Gasteiger partial charge in [-0.25, -0.2) is 0 Å². The standard InChI is InChI=1S/C19H22N2O5/c1-12-3-5-13(6-4-12)11-21-18(26)16(17(25)20-10-15(23)24)14(22)9-19(21)7-2-8-19/h3-6,22H,2,7-11H2,1H3,(H,20,25)(H,23,24). The smallest absolute Gasteiger partial charge is 0.322 e. The average Bonchev–Trinajstić information content (AvgIpc) is 2.55. The van der Waals surface area contributed by atoms with Crippen molar-refractivity contribution in [1.29, 1.82) is 0 Å². The van der Waals surface area contributed by atoms with Gasteiger partial charge in [0.15, 0.2) is 0 Å². The van der Waals surface area contributed by atoms with Gasteiger partial charge in [-0.2, -0.15) is 0 Å². The first-order chi connectivity index (χ1) is 12.3. The van der Waals surface area contributed by atoms with E-state index < -0.39 is 29.9 Å². The Kier molecular flexibility index (Phi) is 4.71. The van der Waals surface area contributed by atoms with Crippen LogP contribution in [0.5, 0.6) is 0 Å². The Labute approximate surface area is 151 Å². The van der Waals surface area contributed by atoms with Crippen LogP contribution in [0.4, 0.5) is 0 Å². The van der Waals surface area contributed by atoms with Crippen molar-refractivity contribution >= 4 is 17.8 Å². The number of aliphatic hydroxyl groups excluding tert-OH is 1. The predicted octanol–water partition coefficient (Wildman–Crippen LogP) is 1.66. The molecule has 138 valence electrons. The van der Waals surface area contributed by atoms with E-state index in [2.05, 4.69) is 5.32 Å². The quantitative estimate of drug-likeness (QED) is 0.694. The van der Waals surface area contributed by atoms with Crippen LogP contribution in [0.25, 0.3) is 0 Å². The molecule has 1 fully saturated rings. The van der Waals surface area contributed by atoms with Crippen LogP contribution >= 0.6 is 0 Å². The lowest BCUT2D eigenvalue weighted by Gasteiger charge is -2.52. The van der Waals surface area contributed by atoms with Gasteiger partial charge in [-0.1, -0.05) is 29.8 Å². The summed E-state index contributed by atoms with van der Waals surface area (Å²) < 4.78 is 0. The van der Waals surface area contributed by atoms with Crippen LogP contribution in [-0.2, 0) is 20.9 Å². The number of aliphatic carboxylic acids is 1. The van der Waals surface area contributed by atoms with Crippen LogP contribution < -0.4 is 5.32 Å². The lowest BCUT2D eigenvalue weighted by molar-refractivity contribution is -0.144. The fraction of sp³-hybridized carbons (Fsp3) is 0.421. The van der Waals surface area contributed by atoms with E-state index in [1.54, 1.807) is 4.90 Å². The second-order valence-corrected chi connectivity index (χ2v) is 7.03. The molecule has 1 heterocycles. The van der Waals surface area contributed by atoms with Crippen LogP contribution in [0.2, 0.25) is 0 Å². The molecule has 1 aromatic rings. The summed E-state index contributed by atoms with van der Waals surface area (Å²) in [5.41, 5.74) is 1.25. The Bertz CT molecular complexity index is 778. The molecule has 0 saturated heterocycles. The SMILES string of the molecule is Cc1ccc(CN2C(=O)C(C(=O)NCC(=O)O)=C(O)CC23CCC3)cc1. The molecular weight excluding hydrogens is 336 g/mol. The van der Waals surface area contributed by atoms with E-state index in [1.807, 2.05) is 31.2 Å². The Morgan fingerprint density at radius 2 is 1.88 bits per heavy atom. The van der Waals surface area contributed by atoms with Gasteiger partial charge >= 0.3 is 5.97 Å². The van der Waals surface area contributed by atoms with Crippen molar-refractivity contribution in [2.24, 2.45) is 0 Å². The topological polar surface area (TPSA) is 107 Å². The van der Waals surface area contributed by atoms with Crippen LogP contribution in [-0.4, -0.2) is 45.0 Å². The first kappa shape index (κ1) is 18.0. The number of amides is 2. The Balaban J connectivity index is 1.87. The van der Waals surface area contributed by atoms with Crippen molar-refractivity contribution < 1.29 is 24.6 Å². The van der Waals surface area contributed by atoms with Gasteiger partial charge in [-0.05, 0) is 31.7 Å². The normalized spacial score (nSPS) is 18.7. The van der Waals surface area contributed by atoms with Crippen molar-refractivity contribution in [2.45, 2.75) is 44.7 Å². The minimum Gasteiger partial charge on any atom is -0.511 e. The largest absolute Gasteiger partial charge is 0.511 e. The van der Waals surface area contributed by atoms with Crippen molar-refractivity contribution in [3.63, 3.8) is 0 Å². The maximum absolute atomic E-state index is 13.0. The predicted molar refractivity (Wildman–Crippen MR) is 93.2 cm³/mol. The molecule has 2 aliphatic rings. The van der Waals surface area contributed by atoms with Gasteiger partial charge in [-0.3, -0.25) is 14.4 Å². The summed E-state index contributed by atoms with van der Waals surface area (Å²) in [5, 5.41) is 21.2. The Hall–Kier alpha value is -2.83. The fourth-order valence-electron chi connectivity index (χ4n) is 3.59. The number of nitrogens with one attached hydrogen (secondary N) is 1. The molecular formula is C19H22N2O5. The van der Waals surface area contributed by atoms with Crippen LogP contribution in [0, 0.1) is 6.92 Å². The summed E-state index contributed by atoms with van der Waals surface area (Å²) in [5.74, 6) is -2.86. The lowest BCUT2D eigenvalue weighted by Crippen LogP contribution is -2.60. The number of aryl methyl sites for hydroxylation is 1. The number of benzene rings is 1. The van der Waals surface area contributed by atoms with Gasteiger partial charge in [0.05, 0.1) is 5.54 Å². The van der Waals surface area contributed by atoms with Crippen molar-refractivity contribution in [3.8, 4) is 0 Å². The maximum atomic E-state index is 13.0. The zero-order valence-corrected chi connectivity index (χ0v) is 14.6. The highest BCUT2D eigenvalue weighted by Crippen LogP contribution is 2.46. The van der Waals surface area contributed by atoms with E-state index in [9.17, 15) is 19.5 Å². The number of aliphatic hydroxyl groups is 1. The fourth-order valence-corrected chi connectivity index (χ4v) is 3.59. The molecule has 0 bridgehead atoms. The van der Waals surface area contributed by atoms with Gasteiger partial charge in [0.25, 0.3) is 11.8 Å². The highest BCUT2D eigenvalue weighted by molar-refractivity contribution is 6.19. The molecule has 2 amide bonds. The van der Waals surface area contributed by atoms with Crippen LogP contribution in [0.3, 0.4) is 0 Å². The molecule has 0 radical (unpaired) electrons. The summed E-state index contributed by atoms with van der Waals surface area (Å²) in [6, 6.07) is 7.81. The summed E-state index contributed by atoms with van der Waals surface area (Å²) in [4.78, 5) is 37.6. The number of nitrogens with zero attached hydrogens (tertiary/aromatic N) is 1. The van der Waals surface area contributed by atoms with E-state index in [1.165, 1.54) is 0 Å².